The van der Waals surface area contributed by atoms with Gasteiger partial charge in [-0.15, -0.1) is 0 Å². The Morgan fingerprint density at radius 3 is 2.25 bits per heavy atom. The van der Waals surface area contributed by atoms with E-state index in [-0.39, 0.29) is 22.8 Å². The van der Waals surface area contributed by atoms with Gasteiger partial charge in [0, 0.05) is 11.6 Å². The van der Waals surface area contributed by atoms with Gasteiger partial charge in [-0.2, -0.15) is 0 Å². The Morgan fingerprint density at radius 1 is 0.889 bits per heavy atom. The zero-order valence-electron chi connectivity index (χ0n) is 21.0. The number of carbonyl (C=O) groups is 1. The molecule has 0 saturated heterocycles. The first-order valence-corrected chi connectivity index (χ1v) is 13.0. The summed E-state index contributed by atoms with van der Waals surface area (Å²) in [6.07, 6.45) is 7.49. The molecule has 4 rings (SSSR count). The summed E-state index contributed by atoms with van der Waals surface area (Å²) in [5.41, 5.74) is 1.91. The molecule has 1 aliphatic rings. The number of esters is 1. The molecule has 0 aromatic heterocycles. The van der Waals surface area contributed by atoms with Gasteiger partial charge in [-0.25, -0.2) is 18.0 Å². The quantitative estimate of drug-likeness (QED) is 0.231. The minimum absolute atomic E-state index is 0.0547. The van der Waals surface area contributed by atoms with Crippen LogP contribution >= 0.6 is 0 Å². The molecule has 0 bridgehead atoms. The summed E-state index contributed by atoms with van der Waals surface area (Å²) < 4.78 is 49.6. The van der Waals surface area contributed by atoms with Crippen LogP contribution in [0.3, 0.4) is 0 Å². The Bertz CT molecular complexity index is 1200. The van der Waals surface area contributed by atoms with E-state index in [0.29, 0.717) is 29.0 Å². The molecule has 1 saturated carbocycles. The van der Waals surface area contributed by atoms with Crippen molar-refractivity contribution < 1.29 is 22.7 Å². The van der Waals surface area contributed by atoms with Crippen LogP contribution in [0.5, 0.6) is 5.75 Å². The van der Waals surface area contributed by atoms with E-state index in [1.807, 2.05) is 6.92 Å². The van der Waals surface area contributed by atoms with Crippen molar-refractivity contribution in [1.29, 1.82) is 0 Å². The predicted molar refractivity (Wildman–Crippen MR) is 137 cm³/mol. The number of unbranched alkanes of at least 4 members (excludes halogenated alkanes) is 1. The average molecular weight is 495 g/mol. The minimum Gasteiger partial charge on any atom is -0.423 e. The molecular weight excluding hydrogens is 461 g/mol. The molecule has 0 heterocycles. The topological polar surface area (TPSA) is 26.3 Å². The van der Waals surface area contributed by atoms with E-state index < -0.39 is 23.4 Å². The minimum atomic E-state index is -0.862. The molecule has 5 heteroatoms. The highest BCUT2D eigenvalue weighted by Gasteiger charge is 2.26. The van der Waals surface area contributed by atoms with E-state index in [9.17, 15) is 9.18 Å². The summed E-state index contributed by atoms with van der Waals surface area (Å²) in [4.78, 5) is 12.5. The Kier molecular flexibility index (Phi) is 8.50. The summed E-state index contributed by atoms with van der Waals surface area (Å²) in [7, 11) is 0. The van der Waals surface area contributed by atoms with E-state index in [1.165, 1.54) is 18.2 Å². The Hall–Kier alpha value is -3.08. The van der Waals surface area contributed by atoms with Crippen molar-refractivity contribution >= 4 is 5.97 Å². The number of rotatable bonds is 8. The third-order valence-corrected chi connectivity index (χ3v) is 7.44. The second-order valence-electron chi connectivity index (χ2n) is 9.78. The summed E-state index contributed by atoms with van der Waals surface area (Å²) in [6.45, 7) is 4.22. The van der Waals surface area contributed by atoms with E-state index in [1.54, 1.807) is 36.4 Å². The molecule has 190 valence electrons. The number of hydrogen-bond donors (Lipinski definition) is 0. The fourth-order valence-electron chi connectivity index (χ4n) is 5.10. The molecule has 0 radical (unpaired) electrons. The highest BCUT2D eigenvalue weighted by Crippen LogP contribution is 2.39. The van der Waals surface area contributed by atoms with Crippen LogP contribution < -0.4 is 4.74 Å². The van der Waals surface area contributed by atoms with Crippen molar-refractivity contribution in [2.75, 3.05) is 0 Å². The first-order valence-electron chi connectivity index (χ1n) is 13.0. The number of benzene rings is 3. The van der Waals surface area contributed by atoms with E-state index in [0.717, 1.165) is 44.9 Å². The maximum absolute atomic E-state index is 15.0. The molecular formula is C31H33F3O2. The first-order chi connectivity index (χ1) is 17.4. The standard InChI is InChI=1S/C31H33F3O2/c1-3-5-6-23-15-16-25(19-28(23)32)36-31(35)24-13-11-22(12-14-24)27-18-17-26(29(33)30(27)34)21-9-7-20(4-2)8-10-21/h11-21H,3-10H2,1-2H3. The molecule has 36 heavy (non-hydrogen) atoms. The van der Waals surface area contributed by atoms with Crippen molar-refractivity contribution in [1.82, 2.24) is 0 Å². The van der Waals surface area contributed by atoms with Crippen LogP contribution in [-0.2, 0) is 6.42 Å². The number of ether oxygens (including phenoxy) is 1. The van der Waals surface area contributed by atoms with Crippen LogP contribution in [-0.4, -0.2) is 5.97 Å². The fraction of sp³-hybridized carbons (Fsp3) is 0.387. The number of aryl methyl sites for hydroxylation is 1. The third kappa shape index (κ3) is 5.83. The monoisotopic (exact) mass is 494 g/mol. The Labute approximate surface area is 211 Å². The normalized spacial score (nSPS) is 17.7. The zero-order chi connectivity index (χ0) is 25.7. The number of carbonyl (C=O) groups excluding carboxylic acids is 1. The maximum atomic E-state index is 15.0. The molecule has 3 aromatic carbocycles. The third-order valence-electron chi connectivity index (χ3n) is 7.44. The molecule has 0 amide bonds. The predicted octanol–water partition coefficient (Wildman–Crippen LogP) is 9.02. The zero-order valence-corrected chi connectivity index (χ0v) is 21.0. The Morgan fingerprint density at radius 2 is 1.61 bits per heavy atom. The van der Waals surface area contributed by atoms with Gasteiger partial charge in [0.05, 0.1) is 5.56 Å². The van der Waals surface area contributed by atoms with Crippen molar-refractivity contribution in [3.63, 3.8) is 0 Å². The van der Waals surface area contributed by atoms with Gasteiger partial charge < -0.3 is 4.74 Å². The van der Waals surface area contributed by atoms with Crippen molar-refractivity contribution in [2.24, 2.45) is 5.92 Å². The molecule has 0 spiro atoms. The molecule has 0 N–H and O–H groups in total. The van der Waals surface area contributed by atoms with Crippen LogP contribution in [0.2, 0.25) is 0 Å². The SMILES string of the molecule is CCCCc1ccc(OC(=O)c2ccc(-c3ccc(C4CCC(CC)CC4)c(F)c3F)cc2)cc1F. The lowest BCUT2D eigenvalue weighted by Crippen LogP contribution is -2.14. The van der Waals surface area contributed by atoms with Crippen LogP contribution in [0.25, 0.3) is 11.1 Å². The molecule has 2 nitrogen and oxygen atoms in total. The summed E-state index contributed by atoms with van der Waals surface area (Å²) >= 11 is 0. The highest BCUT2D eigenvalue weighted by molar-refractivity contribution is 5.91. The smallest absolute Gasteiger partial charge is 0.343 e. The van der Waals surface area contributed by atoms with Crippen LogP contribution in [0.4, 0.5) is 13.2 Å². The molecule has 3 aromatic rings. The molecule has 1 fully saturated rings. The van der Waals surface area contributed by atoms with Crippen molar-refractivity contribution in [2.45, 2.75) is 71.1 Å². The molecule has 0 aliphatic heterocycles. The Balaban J connectivity index is 1.45. The summed E-state index contributed by atoms with van der Waals surface area (Å²) in [6, 6.07) is 13.9. The second-order valence-corrected chi connectivity index (χ2v) is 9.78. The summed E-state index contributed by atoms with van der Waals surface area (Å²) in [5, 5.41) is 0. The van der Waals surface area contributed by atoms with Gasteiger partial charge in [-0.1, -0.05) is 57.0 Å². The maximum Gasteiger partial charge on any atom is 0.343 e. The van der Waals surface area contributed by atoms with Gasteiger partial charge in [0.15, 0.2) is 11.6 Å². The van der Waals surface area contributed by atoms with E-state index in [4.69, 9.17) is 4.74 Å². The van der Waals surface area contributed by atoms with E-state index in [2.05, 4.69) is 6.92 Å². The van der Waals surface area contributed by atoms with E-state index >= 15 is 8.78 Å². The number of hydrogen-bond acceptors (Lipinski definition) is 2. The van der Waals surface area contributed by atoms with Gasteiger partial charge in [-0.05, 0) is 85.3 Å². The van der Waals surface area contributed by atoms with Gasteiger partial charge >= 0.3 is 5.97 Å². The lowest BCUT2D eigenvalue weighted by molar-refractivity contribution is 0.0734. The molecule has 1 aliphatic carbocycles. The van der Waals surface area contributed by atoms with Crippen LogP contribution in [0.1, 0.15) is 86.2 Å². The van der Waals surface area contributed by atoms with Crippen molar-refractivity contribution in [3.8, 4) is 16.9 Å². The average Bonchev–Trinajstić information content (AvgIpc) is 2.90. The largest absolute Gasteiger partial charge is 0.423 e. The van der Waals surface area contributed by atoms with Gasteiger partial charge in [0.2, 0.25) is 0 Å². The molecule has 0 atom stereocenters. The highest BCUT2D eigenvalue weighted by atomic mass is 19.2. The lowest BCUT2D eigenvalue weighted by atomic mass is 9.77. The van der Waals surface area contributed by atoms with Crippen molar-refractivity contribution in [3.05, 3.63) is 88.7 Å². The van der Waals surface area contributed by atoms with Crippen LogP contribution in [0, 0.1) is 23.4 Å². The van der Waals surface area contributed by atoms with Gasteiger partial charge in [0.1, 0.15) is 11.6 Å². The fourth-order valence-corrected chi connectivity index (χ4v) is 5.10. The van der Waals surface area contributed by atoms with Gasteiger partial charge in [0.25, 0.3) is 0 Å². The second kappa shape index (κ2) is 11.8. The first kappa shape index (κ1) is 26.0. The van der Waals surface area contributed by atoms with Gasteiger partial charge in [-0.3, -0.25) is 0 Å². The number of halogens is 3. The van der Waals surface area contributed by atoms with Crippen LogP contribution in [0.15, 0.2) is 54.6 Å². The summed E-state index contributed by atoms with van der Waals surface area (Å²) in [5.74, 6) is -1.82. The molecule has 0 unspecified atom stereocenters. The lowest BCUT2D eigenvalue weighted by Gasteiger charge is -2.28.